The van der Waals surface area contributed by atoms with Gasteiger partial charge in [-0.2, -0.15) is 0 Å². The fourth-order valence-corrected chi connectivity index (χ4v) is 0.559. The van der Waals surface area contributed by atoms with Crippen molar-refractivity contribution < 1.29 is 9.53 Å². The lowest BCUT2D eigenvalue weighted by atomic mass is 10.5. The SMILES string of the molecule is CCCOC(=NC)NC(=O)N(C)C. The monoisotopic (exact) mass is 187 g/mol. The van der Waals surface area contributed by atoms with E-state index in [9.17, 15) is 4.79 Å². The van der Waals surface area contributed by atoms with Crippen LogP contribution in [0.2, 0.25) is 0 Å². The molecule has 0 spiro atoms. The van der Waals surface area contributed by atoms with Gasteiger partial charge in [-0.15, -0.1) is 0 Å². The summed E-state index contributed by atoms with van der Waals surface area (Å²) < 4.78 is 5.15. The second kappa shape index (κ2) is 6.28. The van der Waals surface area contributed by atoms with Crippen LogP contribution < -0.4 is 5.32 Å². The van der Waals surface area contributed by atoms with Gasteiger partial charge in [0.25, 0.3) is 6.02 Å². The van der Waals surface area contributed by atoms with Crippen LogP contribution in [-0.4, -0.2) is 44.7 Å². The van der Waals surface area contributed by atoms with Crippen molar-refractivity contribution in [1.82, 2.24) is 10.2 Å². The molecule has 0 rings (SSSR count). The first-order chi connectivity index (χ1) is 6.11. The molecule has 0 atom stereocenters. The molecule has 13 heavy (non-hydrogen) atoms. The number of carbonyl (C=O) groups excluding carboxylic acids is 1. The van der Waals surface area contributed by atoms with Crippen LogP contribution in [0.25, 0.3) is 0 Å². The van der Waals surface area contributed by atoms with Gasteiger partial charge in [0, 0.05) is 21.1 Å². The Labute approximate surface area is 78.8 Å². The molecule has 76 valence electrons. The second-order valence-corrected chi connectivity index (χ2v) is 2.70. The lowest BCUT2D eigenvalue weighted by Crippen LogP contribution is -2.39. The largest absolute Gasteiger partial charge is 0.465 e. The fourth-order valence-electron chi connectivity index (χ4n) is 0.559. The molecule has 0 saturated carbocycles. The fraction of sp³-hybridized carbons (Fsp3) is 0.750. The van der Waals surface area contributed by atoms with Crippen LogP contribution in [0.4, 0.5) is 4.79 Å². The van der Waals surface area contributed by atoms with E-state index in [1.54, 1.807) is 21.1 Å². The van der Waals surface area contributed by atoms with E-state index in [-0.39, 0.29) is 12.1 Å². The Kier molecular flexibility index (Phi) is 5.67. The van der Waals surface area contributed by atoms with Gasteiger partial charge in [0.2, 0.25) is 0 Å². The highest BCUT2D eigenvalue weighted by Gasteiger charge is 2.06. The van der Waals surface area contributed by atoms with Gasteiger partial charge in [0.15, 0.2) is 0 Å². The molecule has 2 amide bonds. The Morgan fingerprint density at radius 3 is 2.54 bits per heavy atom. The molecule has 0 fully saturated rings. The van der Waals surface area contributed by atoms with Crippen molar-refractivity contribution in [2.24, 2.45) is 4.99 Å². The Hall–Kier alpha value is -1.26. The van der Waals surface area contributed by atoms with Crippen LogP contribution in [0.5, 0.6) is 0 Å². The van der Waals surface area contributed by atoms with Crippen LogP contribution in [0.3, 0.4) is 0 Å². The number of nitrogens with zero attached hydrogens (tertiary/aromatic N) is 2. The van der Waals surface area contributed by atoms with Crippen LogP contribution >= 0.6 is 0 Å². The summed E-state index contributed by atoms with van der Waals surface area (Å²) >= 11 is 0. The normalized spacial score (nSPS) is 10.9. The summed E-state index contributed by atoms with van der Waals surface area (Å²) in [5.74, 6) is 0. The molecule has 0 saturated heterocycles. The first kappa shape index (κ1) is 11.7. The van der Waals surface area contributed by atoms with Crippen molar-refractivity contribution in [2.45, 2.75) is 13.3 Å². The summed E-state index contributed by atoms with van der Waals surface area (Å²) in [5.41, 5.74) is 0. The number of hydrogen-bond donors (Lipinski definition) is 1. The van der Waals surface area contributed by atoms with E-state index in [4.69, 9.17) is 4.74 Å². The maximum Gasteiger partial charge on any atom is 0.324 e. The average molecular weight is 187 g/mol. The number of rotatable bonds is 2. The number of amides is 2. The first-order valence-electron chi connectivity index (χ1n) is 4.19. The molecule has 0 heterocycles. The van der Waals surface area contributed by atoms with Crippen molar-refractivity contribution in [3.05, 3.63) is 0 Å². The predicted octanol–water partition coefficient (Wildman–Crippen LogP) is 0.670. The van der Waals surface area contributed by atoms with Gasteiger partial charge in [-0.3, -0.25) is 5.32 Å². The van der Waals surface area contributed by atoms with Gasteiger partial charge in [0.1, 0.15) is 0 Å². The second-order valence-electron chi connectivity index (χ2n) is 2.70. The molecule has 1 N–H and O–H groups in total. The molecule has 0 aliphatic rings. The van der Waals surface area contributed by atoms with E-state index in [2.05, 4.69) is 10.3 Å². The molecule has 5 nitrogen and oxygen atoms in total. The minimum atomic E-state index is -0.239. The summed E-state index contributed by atoms with van der Waals surface area (Å²) in [5, 5.41) is 2.52. The Bertz CT molecular complexity index is 190. The van der Waals surface area contributed by atoms with Gasteiger partial charge in [-0.1, -0.05) is 6.92 Å². The first-order valence-corrected chi connectivity index (χ1v) is 4.19. The maximum absolute atomic E-state index is 11.1. The molecule has 0 aliphatic heterocycles. The molecule has 0 aromatic heterocycles. The summed E-state index contributed by atoms with van der Waals surface area (Å²) in [6.45, 7) is 2.54. The molecule has 0 aromatic carbocycles. The minimum Gasteiger partial charge on any atom is -0.465 e. The molecular formula is C8H17N3O2. The molecule has 0 aliphatic carbocycles. The molecule has 5 heteroatoms. The van der Waals surface area contributed by atoms with Gasteiger partial charge < -0.3 is 9.64 Å². The van der Waals surface area contributed by atoms with Gasteiger partial charge in [-0.05, 0) is 6.42 Å². The molecular weight excluding hydrogens is 170 g/mol. The minimum absolute atomic E-state index is 0.239. The molecule has 0 aromatic rings. The van der Waals surface area contributed by atoms with Crippen molar-refractivity contribution in [3.63, 3.8) is 0 Å². The number of hydrogen-bond acceptors (Lipinski definition) is 3. The van der Waals surface area contributed by atoms with E-state index >= 15 is 0 Å². The zero-order valence-corrected chi connectivity index (χ0v) is 8.63. The predicted molar refractivity (Wildman–Crippen MR) is 51.8 cm³/mol. The van der Waals surface area contributed by atoms with Gasteiger partial charge >= 0.3 is 6.03 Å². The highest BCUT2D eigenvalue weighted by molar-refractivity contribution is 5.92. The van der Waals surface area contributed by atoms with Crippen LogP contribution in [0.1, 0.15) is 13.3 Å². The van der Waals surface area contributed by atoms with Crippen LogP contribution in [0, 0.1) is 0 Å². The van der Waals surface area contributed by atoms with E-state index in [1.165, 1.54) is 4.90 Å². The number of ether oxygens (including phenoxy) is 1. The number of urea groups is 1. The summed E-state index contributed by atoms with van der Waals surface area (Å²) in [6.07, 6.45) is 0.886. The Morgan fingerprint density at radius 1 is 1.54 bits per heavy atom. The van der Waals surface area contributed by atoms with E-state index in [0.717, 1.165) is 6.42 Å². The number of aliphatic imine (C=N–C) groups is 1. The lowest BCUT2D eigenvalue weighted by Gasteiger charge is -2.13. The third-order valence-corrected chi connectivity index (χ3v) is 1.27. The zero-order chi connectivity index (χ0) is 10.3. The smallest absolute Gasteiger partial charge is 0.324 e. The van der Waals surface area contributed by atoms with Gasteiger partial charge in [0.05, 0.1) is 6.61 Å². The topological polar surface area (TPSA) is 53.9 Å². The zero-order valence-electron chi connectivity index (χ0n) is 8.63. The van der Waals surface area contributed by atoms with Crippen LogP contribution in [-0.2, 0) is 4.74 Å². The molecule has 0 bridgehead atoms. The number of carbonyl (C=O) groups is 1. The van der Waals surface area contributed by atoms with E-state index in [0.29, 0.717) is 6.61 Å². The Morgan fingerprint density at radius 2 is 2.15 bits per heavy atom. The summed E-state index contributed by atoms with van der Waals surface area (Å²) in [4.78, 5) is 16.3. The van der Waals surface area contributed by atoms with E-state index in [1.807, 2.05) is 6.92 Å². The quantitative estimate of drug-likeness (QED) is 0.510. The van der Waals surface area contributed by atoms with Crippen molar-refractivity contribution >= 4 is 12.1 Å². The highest BCUT2D eigenvalue weighted by atomic mass is 16.5. The standard InChI is InChI=1S/C8H17N3O2/c1-5-6-13-7(9-2)10-8(12)11(3)4/h5-6H2,1-4H3,(H,9,10,12). The molecule has 0 radical (unpaired) electrons. The maximum atomic E-state index is 11.1. The van der Waals surface area contributed by atoms with Crippen molar-refractivity contribution in [2.75, 3.05) is 27.7 Å². The third kappa shape index (κ3) is 5.05. The van der Waals surface area contributed by atoms with Gasteiger partial charge in [-0.25, -0.2) is 9.79 Å². The average Bonchev–Trinajstić information content (AvgIpc) is 2.11. The summed E-state index contributed by atoms with van der Waals surface area (Å²) in [7, 11) is 4.88. The van der Waals surface area contributed by atoms with Crippen LogP contribution in [0.15, 0.2) is 4.99 Å². The highest BCUT2D eigenvalue weighted by Crippen LogP contribution is 1.84. The number of nitrogens with one attached hydrogen (secondary N) is 1. The van der Waals surface area contributed by atoms with Crippen molar-refractivity contribution in [1.29, 1.82) is 0 Å². The molecule has 0 unspecified atom stereocenters. The van der Waals surface area contributed by atoms with E-state index < -0.39 is 0 Å². The third-order valence-electron chi connectivity index (χ3n) is 1.27. The lowest BCUT2D eigenvalue weighted by molar-refractivity contribution is 0.216. The number of amidine groups is 1. The summed E-state index contributed by atoms with van der Waals surface area (Å²) in [6, 6.07) is 0.0252. The van der Waals surface area contributed by atoms with Crippen molar-refractivity contribution in [3.8, 4) is 0 Å². The Balaban J connectivity index is 3.92.